The van der Waals surface area contributed by atoms with E-state index in [1.54, 1.807) is 0 Å². The smallest absolute Gasteiger partial charge is 0.242 e. The molecule has 0 unspecified atom stereocenters. The topological polar surface area (TPSA) is 76.7 Å². The van der Waals surface area contributed by atoms with Crippen molar-refractivity contribution in [2.45, 2.75) is 18.2 Å². The molecular formula is C13H19ClN2O4S. The first-order chi connectivity index (χ1) is 10.0. The highest BCUT2D eigenvalue weighted by Gasteiger charge is 2.22. The summed E-state index contributed by atoms with van der Waals surface area (Å²) in [6.07, 6.45) is 1.00. The molecule has 0 saturated heterocycles. The highest BCUT2D eigenvalue weighted by molar-refractivity contribution is 7.89. The zero-order valence-electron chi connectivity index (χ0n) is 11.8. The molecule has 1 aromatic carbocycles. The molecule has 2 rings (SSSR count). The summed E-state index contributed by atoms with van der Waals surface area (Å²) in [6, 6.07) is 2.87. The summed E-state index contributed by atoms with van der Waals surface area (Å²) in [5, 5.41) is 3.24. The van der Waals surface area contributed by atoms with Crippen LogP contribution in [0.15, 0.2) is 17.0 Å². The van der Waals surface area contributed by atoms with Gasteiger partial charge >= 0.3 is 0 Å². The third-order valence-electron chi connectivity index (χ3n) is 2.91. The van der Waals surface area contributed by atoms with Crippen molar-refractivity contribution in [2.75, 3.05) is 32.8 Å². The Hall–Kier alpha value is -1.02. The van der Waals surface area contributed by atoms with Gasteiger partial charge in [-0.25, -0.2) is 13.1 Å². The van der Waals surface area contributed by atoms with Gasteiger partial charge in [0.2, 0.25) is 10.0 Å². The standard InChI is InChI=1S/C13H19ClN2O4S/c1-2-3-15-4-5-16-21(17,18)13-9-12-11(8-10(13)14)19-6-7-20-12/h8-9,15-16H,2-7H2,1H3. The average Bonchev–Trinajstić information content (AvgIpc) is 2.46. The summed E-state index contributed by atoms with van der Waals surface area (Å²) in [6.45, 7) is 4.58. The second kappa shape index (κ2) is 7.31. The van der Waals surface area contributed by atoms with E-state index in [1.165, 1.54) is 12.1 Å². The first-order valence-corrected chi connectivity index (χ1v) is 8.70. The molecule has 1 aliphatic heterocycles. The Bertz CT molecular complexity index is 592. The molecule has 0 fully saturated rings. The minimum absolute atomic E-state index is 0.00362. The van der Waals surface area contributed by atoms with Crippen LogP contribution in [0.4, 0.5) is 0 Å². The normalized spacial score (nSPS) is 14.2. The maximum Gasteiger partial charge on any atom is 0.242 e. The Kier molecular flexibility index (Phi) is 5.69. The largest absolute Gasteiger partial charge is 0.486 e. The maximum atomic E-state index is 12.3. The first kappa shape index (κ1) is 16.4. The quantitative estimate of drug-likeness (QED) is 0.737. The van der Waals surface area contributed by atoms with Crippen LogP contribution in [0, 0.1) is 0 Å². The second-order valence-electron chi connectivity index (χ2n) is 4.57. The molecule has 118 valence electrons. The minimum atomic E-state index is -3.67. The van der Waals surface area contributed by atoms with Gasteiger partial charge in [-0.05, 0) is 13.0 Å². The van der Waals surface area contributed by atoms with E-state index in [-0.39, 0.29) is 9.92 Å². The van der Waals surface area contributed by atoms with Crippen LogP contribution < -0.4 is 19.5 Å². The van der Waals surface area contributed by atoms with Crippen molar-refractivity contribution in [3.8, 4) is 11.5 Å². The number of hydrogen-bond acceptors (Lipinski definition) is 5. The second-order valence-corrected chi connectivity index (χ2v) is 6.72. The Morgan fingerprint density at radius 3 is 2.48 bits per heavy atom. The number of ether oxygens (including phenoxy) is 2. The van der Waals surface area contributed by atoms with Crippen molar-refractivity contribution in [1.29, 1.82) is 0 Å². The molecule has 21 heavy (non-hydrogen) atoms. The van der Waals surface area contributed by atoms with E-state index >= 15 is 0 Å². The lowest BCUT2D eigenvalue weighted by molar-refractivity contribution is 0.171. The van der Waals surface area contributed by atoms with Gasteiger partial charge in [-0.15, -0.1) is 0 Å². The number of rotatable bonds is 7. The van der Waals surface area contributed by atoms with Gasteiger partial charge < -0.3 is 14.8 Å². The summed E-state index contributed by atoms with van der Waals surface area (Å²) >= 11 is 6.04. The molecule has 0 saturated carbocycles. The van der Waals surface area contributed by atoms with Gasteiger partial charge in [-0.2, -0.15) is 0 Å². The third-order valence-corrected chi connectivity index (χ3v) is 4.83. The van der Waals surface area contributed by atoms with Crippen LogP contribution >= 0.6 is 11.6 Å². The number of benzene rings is 1. The SMILES string of the molecule is CCCNCCNS(=O)(=O)c1cc2c(cc1Cl)OCCO2. The number of sulfonamides is 1. The van der Waals surface area contributed by atoms with E-state index in [1.807, 2.05) is 6.92 Å². The highest BCUT2D eigenvalue weighted by Crippen LogP contribution is 2.37. The minimum Gasteiger partial charge on any atom is -0.486 e. The molecule has 0 spiro atoms. The van der Waals surface area contributed by atoms with Crippen molar-refractivity contribution < 1.29 is 17.9 Å². The van der Waals surface area contributed by atoms with Crippen molar-refractivity contribution in [3.05, 3.63) is 17.2 Å². The monoisotopic (exact) mass is 334 g/mol. The van der Waals surface area contributed by atoms with Gasteiger partial charge in [-0.1, -0.05) is 18.5 Å². The van der Waals surface area contributed by atoms with Crippen molar-refractivity contribution in [1.82, 2.24) is 10.0 Å². The molecule has 1 aromatic rings. The van der Waals surface area contributed by atoms with Crippen LogP contribution in [0.25, 0.3) is 0 Å². The van der Waals surface area contributed by atoms with Crippen molar-refractivity contribution in [3.63, 3.8) is 0 Å². The molecule has 0 aliphatic carbocycles. The molecule has 6 nitrogen and oxygen atoms in total. The van der Waals surface area contributed by atoms with E-state index in [9.17, 15) is 8.42 Å². The molecule has 2 N–H and O–H groups in total. The van der Waals surface area contributed by atoms with Gasteiger partial charge in [0.1, 0.15) is 18.1 Å². The van der Waals surface area contributed by atoms with Crippen molar-refractivity contribution >= 4 is 21.6 Å². The predicted molar refractivity (Wildman–Crippen MR) is 80.8 cm³/mol. The van der Waals surface area contributed by atoms with E-state index in [0.29, 0.717) is 37.8 Å². The summed E-state index contributed by atoms with van der Waals surface area (Å²) < 4.78 is 37.8. The lowest BCUT2D eigenvalue weighted by Crippen LogP contribution is -2.32. The Morgan fingerprint density at radius 2 is 1.81 bits per heavy atom. The van der Waals surface area contributed by atoms with Gasteiger partial charge in [0.05, 0.1) is 5.02 Å². The summed E-state index contributed by atoms with van der Waals surface area (Å²) in [4.78, 5) is 0.00362. The lowest BCUT2D eigenvalue weighted by atomic mass is 10.3. The van der Waals surface area contributed by atoms with Crippen LogP contribution in [0.2, 0.25) is 5.02 Å². The van der Waals surface area contributed by atoms with Gasteiger partial charge in [0.15, 0.2) is 11.5 Å². The fraction of sp³-hybridized carbons (Fsp3) is 0.538. The highest BCUT2D eigenvalue weighted by atomic mass is 35.5. The van der Waals surface area contributed by atoms with Crippen LogP contribution in [-0.2, 0) is 10.0 Å². The molecule has 0 bridgehead atoms. The van der Waals surface area contributed by atoms with E-state index < -0.39 is 10.0 Å². The predicted octanol–water partition coefficient (Wildman–Crippen LogP) is 1.39. The molecular weight excluding hydrogens is 316 g/mol. The van der Waals surface area contributed by atoms with E-state index in [0.717, 1.165) is 13.0 Å². The molecule has 0 atom stereocenters. The zero-order valence-corrected chi connectivity index (χ0v) is 13.4. The Labute approximate surface area is 129 Å². The molecule has 0 radical (unpaired) electrons. The summed E-state index contributed by atoms with van der Waals surface area (Å²) in [5.41, 5.74) is 0. The third kappa shape index (κ3) is 4.23. The number of fused-ring (bicyclic) bond motifs is 1. The number of halogens is 1. The summed E-state index contributed by atoms with van der Waals surface area (Å²) in [7, 11) is -3.67. The van der Waals surface area contributed by atoms with E-state index in [4.69, 9.17) is 21.1 Å². The van der Waals surface area contributed by atoms with Crippen LogP contribution in [0.3, 0.4) is 0 Å². The first-order valence-electron chi connectivity index (χ1n) is 6.84. The molecule has 8 heteroatoms. The van der Waals surface area contributed by atoms with Gasteiger partial charge in [-0.3, -0.25) is 0 Å². The fourth-order valence-electron chi connectivity index (χ4n) is 1.90. The lowest BCUT2D eigenvalue weighted by Gasteiger charge is -2.19. The Morgan fingerprint density at radius 1 is 1.14 bits per heavy atom. The van der Waals surface area contributed by atoms with Crippen molar-refractivity contribution in [2.24, 2.45) is 0 Å². The van der Waals surface area contributed by atoms with Crippen LogP contribution in [0.1, 0.15) is 13.3 Å². The summed E-state index contributed by atoms with van der Waals surface area (Å²) in [5.74, 6) is 0.866. The Balaban J connectivity index is 2.09. The molecule has 1 aliphatic rings. The van der Waals surface area contributed by atoms with Gasteiger partial charge in [0, 0.05) is 25.2 Å². The number of nitrogens with one attached hydrogen (secondary N) is 2. The van der Waals surface area contributed by atoms with Crippen LogP contribution in [-0.4, -0.2) is 41.3 Å². The fourth-order valence-corrected chi connectivity index (χ4v) is 3.47. The van der Waals surface area contributed by atoms with E-state index in [2.05, 4.69) is 10.0 Å². The number of hydrogen-bond donors (Lipinski definition) is 2. The molecule has 0 amide bonds. The average molecular weight is 335 g/mol. The van der Waals surface area contributed by atoms with Crippen LogP contribution in [0.5, 0.6) is 11.5 Å². The van der Waals surface area contributed by atoms with Gasteiger partial charge in [0.25, 0.3) is 0 Å². The molecule has 1 heterocycles. The molecule has 0 aromatic heterocycles. The zero-order chi connectivity index (χ0) is 15.3. The maximum absolute atomic E-state index is 12.3.